The van der Waals surface area contributed by atoms with Crippen molar-refractivity contribution in [3.05, 3.63) is 22.8 Å². The van der Waals surface area contributed by atoms with Gasteiger partial charge in [-0.2, -0.15) is 5.26 Å². The number of hydrogen-bond donors (Lipinski definition) is 0. The first-order valence-corrected chi connectivity index (χ1v) is 6.76. The number of hydrogen-bond acceptors (Lipinski definition) is 5. The van der Waals surface area contributed by atoms with E-state index < -0.39 is 0 Å². The average molecular weight is 295 g/mol. The van der Waals surface area contributed by atoms with Gasteiger partial charge < -0.3 is 14.5 Å². The highest BCUT2D eigenvalue weighted by Gasteiger charge is 2.24. The monoisotopic (exact) mass is 294 g/mol. The molecule has 0 N–H and O–H groups in total. The van der Waals surface area contributed by atoms with Crippen molar-refractivity contribution < 1.29 is 9.53 Å². The SMILES string of the molecule is CCOC(=O)N1CCN(c2nccc(C#N)c2Cl)CC1. The maximum Gasteiger partial charge on any atom is 0.409 e. The summed E-state index contributed by atoms with van der Waals surface area (Å²) in [6, 6.07) is 3.62. The zero-order valence-electron chi connectivity index (χ0n) is 11.2. The van der Waals surface area contributed by atoms with Crippen molar-refractivity contribution in [1.29, 1.82) is 5.26 Å². The molecule has 0 saturated carbocycles. The van der Waals surface area contributed by atoms with Crippen LogP contribution in [0.25, 0.3) is 0 Å². The van der Waals surface area contributed by atoms with Gasteiger partial charge in [-0.1, -0.05) is 11.6 Å². The molecule has 0 unspecified atom stereocenters. The molecule has 0 radical (unpaired) electrons. The lowest BCUT2D eigenvalue weighted by molar-refractivity contribution is 0.105. The second kappa shape index (κ2) is 6.44. The summed E-state index contributed by atoms with van der Waals surface area (Å²) in [7, 11) is 0. The maximum absolute atomic E-state index is 11.6. The van der Waals surface area contributed by atoms with Crippen LogP contribution in [0.4, 0.5) is 10.6 Å². The molecule has 1 aliphatic rings. The van der Waals surface area contributed by atoms with E-state index in [2.05, 4.69) is 4.98 Å². The van der Waals surface area contributed by atoms with Crippen LogP contribution in [0, 0.1) is 11.3 Å². The minimum atomic E-state index is -0.294. The number of nitrogens with zero attached hydrogens (tertiary/aromatic N) is 4. The van der Waals surface area contributed by atoms with E-state index in [1.807, 2.05) is 11.0 Å². The van der Waals surface area contributed by atoms with E-state index in [1.165, 1.54) is 0 Å². The van der Waals surface area contributed by atoms with Crippen LogP contribution in [0.2, 0.25) is 5.02 Å². The third-order valence-corrected chi connectivity index (χ3v) is 3.47. The van der Waals surface area contributed by atoms with E-state index >= 15 is 0 Å². The molecule has 1 aromatic rings. The van der Waals surface area contributed by atoms with Crippen LogP contribution in [0.15, 0.2) is 12.3 Å². The molecule has 1 aromatic heterocycles. The molecule has 0 atom stereocenters. The van der Waals surface area contributed by atoms with Crippen LogP contribution in [-0.2, 0) is 4.74 Å². The van der Waals surface area contributed by atoms with E-state index in [4.69, 9.17) is 21.6 Å². The van der Waals surface area contributed by atoms with E-state index in [1.54, 1.807) is 24.1 Å². The molecular formula is C13H15ClN4O2. The minimum Gasteiger partial charge on any atom is -0.450 e. The van der Waals surface area contributed by atoms with Crippen molar-refractivity contribution in [2.45, 2.75) is 6.92 Å². The van der Waals surface area contributed by atoms with Gasteiger partial charge in [0.1, 0.15) is 16.9 Å². The summed E-state index contributed by atoms with van der Waals surface area (Å²) in [4.78, 5) is 19.5. The second-order valence-electron chi connectivity index (χ2n) is 4.28. The average Bonchev–Trinajstić information content (AvgIpc) is 2.48. The van der Waals surface area contributed by atoms with Crippen molar-refractivity contribution >= 4 is 23.5 Å². The molecule has 2 rings (SSSR count). The minimum absolute atomic E-state index is 0.294. The number of piperazine rings is 1. The molecule has 0 aromatic carbocycles. The highest BCUT2D eigenvalue weighted by Crippen LogP contribution is 2.27. The Balaban J connectivity index is 2.05. The molecule has 0 spiro atoms. The molecule has 1 fully saturated rings. The summed E-state index contributed by atoms with van der Waals surface area (Å²) in [6.45, 7) is 4.48. The molecule has 2 heterocycles. The largest absolute Gasteiger partial charge is 0.450 e. The highest BCUT2D eigenvalue weighted by atomic mass is 35.5. The van der Waals surface area contributed by atoms with Gasteiger partial charge in [-0.25, -0.2) is 9.78 Å². The van der Waals surface area contributed by atoms with Gasteiger partial charge in [-0.05, 0) is 13.0 Å². The number of pyridine rings is 1. The van der Waals surface area contributed by atoms with Crippen molar-refractivity contribution in [2.75, 3.05) is 37.7 Å². The number of carbonyl (C=O) groups is 1. The molecule has 0 bridgehead atoms. The first-order valence-electron chi connectivity index (χ1n) is 6.38. The Morgan fingerprint density at radius 3 is 2.80 bits per heavy atom. The van der Waals surface area contributed by atoms with E-state index in [9.17, 15) is 4.79 Å². The number of ether oxygens (including phenoxy) is 1. The van der Waals surface area contributed by atoms with Gasteiger partial charge in [-0.3, -0.25) is 0 Å². The van der Waals surface area contributed by atoms with Crippen LogP contribution in [0.1, 0.15) is 12.5 Å². The number of rotatable bonds is 2. The zero-order chi connectivity index (χ0) is 14.5. The number of anilines is 1. The fraction of sp³-hybridized carbons (Fsp3) is 0.462. The highest BCUT2D eigenvalue weighted by molar-refractivity contribution is 6.34. The molecule has 6 nitrogen and oxygen atoms in total. The molecule has 7 heteroatoms. The van der Waals surface area contributed by atoms with Crippen molar-refractivity contribution in [3.63, 3.8) is 0 Å². The number of amides is 1. The maximum atomic E-state index is 11.6. The topological polar surface area (TPSA) is 69.5 Å². The van der Waals surface area contributed by atoms with Crippen LogP contribution in [-0.4, -0.2) is 48.8 Å². The van der Waals surface area contributed by atoms with Crippen molar-refractivity contribution in [2.24, 2.45) is 0 Å². The molecule has 1 amide bonds. The normalized spacial score (nSPS) is 14.8. The summed E-state index contributed by atoms with van der Waals surface area (Å²) in [5.41, 5.74) is 0.407. The number of carbonyl (C=O) groups excluding carboxylic acids is 1. The lowest BCUT2D eigenvalue weighted by Crippen LogP contribution is -2.49. The molecule has 1 aliphatic heterocycles. The predicted octanol–water partition coefficient (Wildman–Crippen LogP) is 1.89. The Labute approximate surface area is 122 Å². The Hall–Kier alpha value is -2.00. The van der Waals surface area contributed by atoms with Gasteiger partial charge in [0.25, 0.3) is 0 Å². The molecule has 1 saturated heterocycles. The molecular weight excluding hydrogens is 280 g/mol. The van der Waals surface area contributed by atoms with E-state index in [-0.39, 0.29) is 6.09 Å². The second-order valence-corrected chi connectivity index (χ2v) is 4.66. The smallest absolute Gasteiger partial charge is 0.409 e. The lowest BCUT2D eigenvalue weighted by atomic mass is 10.2. The summed E-state index contributed by atoms with van der Waals surface area (Å²) >= 11 is 6.16. The van der Waals surface area contributed by atoms with Crippen molar-refractivity contribution in [3.8, 4) is 6.07 Å². The van der Waals surface area contributed by atoms with Gasteiger partial charge in [0.2, 0.25) is 0 Å². The first-order chi connectivity index (χ1) is 9.67. The Bertz CT molecular complexity index is 536. The lowest BCUT2D eigenvalue weighted by Gasteiger charge is -2.35. The summed E-state index contributed by atoms with van der Waals surface area (Å²) < 4.78 is 4.97. The van der Waals surface area contributed by atoms with Crippen LogP contribution >= 0.6 is 11.6 Å². The van der Waals surface area contributed by atoms with Crippen molar-refractivity contribution in [1.82, 2.24) is 9.88 Å². The third-order valence-electron chi connectivity index (χ3n) is 3.10. The summed E-state index contributed by atoms with van der Waals surface area (Å²) in [6.07, 6.45) is 1.27. The Kier molecular flexibility index (Phi) is 4.64. The van der Waals surface area contributed by atoms with Gasteiger partial charge in [0.15, 0.2) is 0 Å². The summed E-state index contributed by atoms with van der Waals surface area (Å²) in [5.74, 6) is 0.592. The predicted molar refractivity (Wildman–Crippen MR) is 74.8 cm³/mol. The Morgan fingerprint density at radius 1 is 1.50 bits per heavy atom. The van der Waals surface area contributed by atoms with Crippen LogP contribution < -0.4 is 4.90 Å². The van der Waals surface area contributed by atoms with Gasteiger partial charge in [-0.15, -0.1) is 0 Å². The fourth-order valence-corrected chi connectivity index (χ4v) is 2.33. The number of halogens is 1. The molecule has 20 heavy (non-hydrogen) atoms. The van der Waals surface area contributed by atoms with Gasteiger partial charge in [0.05, 0.1) is 12.2 Å². The number of aromatic nitrogens is 1. The van der Waals surface area contributed by atoms with E-state index in [0.29, 0.717) is 49.2 Å². The van der Waals surface area contributed by atoms with Crippen LogP contribution in [0.5, 0.6) is 0 Å². The molecule has 0 aliphatic carbocycles. The Morgan fingerprint density at radius 2 is 2.20 bits per heavy atom. The first kappa shape index (κ1) is 14.4. The summed E-state index contributed by atoms with van der Waals surface area (Å²) in [5, 5.41) is 9.33. The van der Waals surface area contributed by atoms with Crippen LogP contribution in [0.3, 0.4) is 0 Å². The van der Waals surface area contributed by atoms with Gasteiger partial charge in [0, 0.05) is 32.4 Å². The molecule has 106 valence electrons. The van der Waals surface area contributed by atoms with E-state index in [0.717, 1.165) is 0 Å². The fourth-order valence-electron chi connectivity index (χ4n) is 2.06. The van der Waals surface area contributed by atoms with Gasteiger partial charge >= 0.3 is 6.09 Å². The number of nitriles is 1. The quantitative estimate of drug-likeness (QED) is 0.833. The standard InChI is InChI=1S/C13H15ClN4O2/c1-2-20-13(19)18-7-5-17(6-8-18)12-11(14)10(9-15)3-4-16-12/h3-4H,2,5-8H2,1H3. The zero-order valence-corrected chi connectivity index (χ0v) is 11.9. The third kappa shape index (κ3) is 2.94.